The molecule has 0 spiro atoms. The summed E-state index contributed by atoms with van der Waals surface area (Å²) in [6.07, 6.45) is -0.146. The highest BCUT2D eigenvalue weighted by atomic mass is 16.5. The molecule has 1 aromatic rings. The quantitative estimate of drug-likeness (QED) is 0.818. The molecule has 110 valence electrons. The van der Waals surface area contributed by atoms with Gasteiger partial charge in [-0.05, 0) is 24.6 Å². The lowest BCUT2D eigenvalue weighted by Gasteiger charge is -2.24. The van der Waals surface area contributed by atoms with Gasteiger partial charge in [-0.3, -0.25) is 9.59 Å². The normalized spacial score (nSPS) is 10.2. The van der Waals surface area contributed by atoms with Crippen molar-refractivity contribution in [3.05, 3.63) is 23.8 Å². The first-order chi connectivity index (χ1) is 9.49. The Labute approximate surface area is 117 Å². The highest BCUT2D eigenvalue weighted by Crippen LogP contribution is 2.29. The third-order valence-electron chi connectivity index (χ3n) is 2.74. The van der Waals surface area contributed by atoms with Crippen molar-refractivity contribution >= 4 is 17.6 Å². The van der Waals surface area contributed by atoms with Crippen molar-refractivity contribution in [1.29, 1.82) is 0 Å². The zero-order valence-electron chi connectivity index (χ0n) is 11.9. The average Bonchev–Trinajstić information content (AvgIpc) is 2.39. The van der Waals surface area contributed by atoms with Crippen LogP contribution in [0.2, 0.25) is 0 Å². The number of amides is 1. The molecule has 1 aromatic carbocycles. The van der Waals surface area contributed by atoms with E-state index in [-0.39, 0.29) is 25.5 Å². The largest absolute Gasteiger partial charge is 0.495 e. The number of aliphatic carboxylic acids is 1. The molecule has 0 aliphatic rings. The van der Waals surface area contributed by atoms with Crippen molar-refractivity contribution in [2.45, 2.75) is 13.3 Å². The Morgan fingerprint density at radius 3 is 2.55 bits per heavy atom. The van der Waals surface area contributed by atoms with Gasteiger partial charge in [0.05, 0.1) is 19.2 Å². The number of aryl methyl sites for hydroxylation is 1. The van der Waals surface area contributed by atoms with Gasteiger partial charge in [-0.15, -0.1) is 0 Å². The molecule has 0 atom stereocenters. The van der Waals surface area contributed by atoms with Gasteiger partial charge in [0.2, 0.25) is 0 Å². The van der Waals surface area contributed by atoms with E-state index in [0.717, 1.165) is 5.56 Å². The smallest absolute Gasteiger partial charge is 0.305 e. The molecule has 6 heteroatoms. The lowest BCUT2D eigenvalue weighted by Crippen LogP contribution is -2.36. The van der Waals surface area contributed by atoms with Gasteiger partial charge in [0.15, 0.2) is 0 Å². The number of rotatable bonds is 7. The second kappa shape index (κ2) is 7.49. The molecule has 0 aromatic heterocycles. The molecule has 0 aliphatic carbocycles. The Morgan fingerprint density at radius 2 is 2.00 bits per heavy atom. The van der Waals surface area contributed by atoms with Crippen molar-refractivity contribution in [1.82, 2.24) is 0 Å². The van der Waals surface area contributed by atoms with Crippen LogP contribution in [-0.4, -0.2) is 44.4 Å². The van der Waals surface area contributed by atoms with Gasteiger partial charge in [-0.2, -0.15) is 0 Å². The van der Waals surface area contributed by atoms with Crippen LogP contribution in [0.3, 0.4) is 0 Å². The topological polar surface area (TPSA) is 76.1 Å². The summed E-state index contributed by atoms with van der Waals surface area (Å²) >= 11 is 0. The van der Waals surface area contributed by atoms with Crippen LogP contribution in [0.5, 0.6) is 5.75 Å². The number of hydrogen-bond acceptors (Lipinski definition) is 4. The van der Waals surface area contributed by atoms with Crippen molar-refractivity contribution in [2.24, 2.45) is 0 Å². The van der Waals surface area contributed by atoms with Crippen molar-refractivity contribution in [2.75, 3.05) is 32.3 Å². The number of carboxylic acids is 1. The molecule has 0 saturated carbocycles. The Hall–Kier alpha value is -2.08. The third kappa shape index (κ3) is 4.24. The van der Waals surface area contributed by atoms with E-state index in [1.807, 2.05) is 13.0 Å². The van der Waals surface area contributed by atoms with E-state index in [0.29, 0.717) is 11.4 Å². The number of anilines is 1. The molecule has 0 aliphatic heterocycles. The van der Waals surface area contributed by atoms with Gasteiger partial charge < -0.3 is 19.5 Å². The van der Waals surface area contributed by atoms with Crippen LogP contribution in [-0.2, 0) is 14.3 Å². The van der Waals surface area contributed by atoms with Crippen LogP contribution >= 0.6 is 0 Å². The number of ether oxygens (including phenoxy) is 2. The summed E-state index contributed by atoms with van der Waals surface area (Å²) in [6, 6.07) is 5.39. The molecule has 0 unspecified atom stereocenters. The van der Waals surface area contributed by atoms with Crippen LogP contribution in [0.4, 0.5) is 5.69 Å². The Kier molecular flexibility index (Phi) is 5.99. The zero-order chi connectivity index (χ0) is 15.1. The number of nitrogens with zero attached hydrogens (tertiary/aromatic N) is 1. The van der Waals surface area contributed by atoms with Crippen LogP contribution in [0.1, 0.15) is 12.0 Å². The SMILES string of the molecule is COCC(=O)N(CCC(=O)O)c1cc(C)ccc1OC. The van der Waals surface area contributed by atoms with E-state index in [1.165, 1.54) is 19.1 Å². The highest BCUT2D eigenvalue weighted by Gasteiger charge is 2.20. The molecular weight excluding hydrogens is 262 g/mol. The standard InChI is InChI=1S/C14H19NO5/c1-10-4-5-12(20-3)11(8-10)15(7-6-14(17)18)13(16)9-19-2/h4-5,8H,6-7,9H2,1-3H3,(H,17,18). The lowest BCUT2D eigenvalue weighted by molar-refractivity contribution is -0.136. The number of carboxylic acid groups (broad SMARTS) is 1. The van der Waals surface area contributed by atoms with E-state index >= 15 is 0 Å². The van der Waals surface area contributed by atoms with Crippen molar-refractivity contribution in [3.8, 4) is 5.75 Å². The summed E-state index contributed by atoms with van der Waals surface area (Å²) < 4.78 is 10.1. The molecule has 0 heterocycles. The first-order valence-corrected chi connectivity index (χ1v) is 6.15. The van der Waals surface area contributed by atoms with Gasteiger partial charge in [0, 0.05) is 13.7 Å². The minimum absolute atomic E-state index is 0.0668. The van der Waals surface area contributed by atoms with Gasteiger partial charge in [-0.25, -0.2) is 0 Å². The monoisotopic (exact) mass is 281 g/mol. The first-order valence-electron chi connectivity index (χ1n) is 6.15. The predicted octanol–water partition coefficient (Wildman–Crippen LogP) is 1.46. The Bertz CT molecular complexity index is 486. The van der Waals surface area contributed by atoms with Crippen molar-refractivity contribution in [3.63, 3.8) is 0 Å². The number of benzene rings is 1. The minimum Gasteiger partial charge on any atom is -0.495 e. The molecule has 0 saturated heterocycles. The second-order valence-electron chi connectivity index (χ2n) is 4.30. The Morgan fingerprint density at radius 1 is 1.30 bits per heavy atom. The van der Waals surface area contributed by atoms with E-state index in [9.17, 15) is 9.59 Å². The van der Waals surface area contributed by atoms with Crippen LogP contribution in [0, 0.1) is 6.92 Å². The van der Waals surface area contributed by atoms with Crippen molar-refractivity contribution < 1.29 is 24.2 Å². The maximum Gasteiger partial charge on any atom is 0.305 e. The molecule has 0 fully saturated rings. The van der Waals surface area contributed by atoms with E-state index < -0.39 is 5.97 Å². The van der Waals surface area contributed by atoms with Crippen LogP contribution in [0.15, 0.2) is 18.2 Å². The van der Waals surface area contributed by atoms with E-state index in [1.54, 1.807) is 12.1 Å². The maximum absolute atomic E-state index is 12.1. The van der Waals surface area contributed by atoms with Gasteiger partial charge in [-0.1, -0.05) is 6.07 Å². The summed E-state index contributed by atoms with van der Waals surface area (Å²) in [4.78, 5) is 24.2. The van der Waals surface area contributed by atoms with Crippen LogP contribution < -0.4 is 9.64 Å². The number of hydrogen-bond donors (Lipinski definition) is 1. The Balaban J connectivity index is 3.11. The second-order valence-corrected chi connectivity index (χ2v) is 4.30. The van der Waals surface area contributed by atoms with Gasteiger partial charge in [0.25, 0.3) is 5.91 Å². The predicted molar refractivity (Wildman–Crippen MR) is 74.2 cm³/mol. The lowest BCUT2D eigenvalue weighted by atomic mass is 10.1. The summed E-state index contributed by atoms with van der Waals surface area (Å²) in [6.45, 7) is 1.84. The van der Waals surface area contributed by atoms with E-state index in [2.05, 4.69) is 0 Å². The summed E-state index contributed by atoms with van der Waals surface area (Å²) in [5.74, 6) is -0.755. The molecule has 6 nitrogen and oxygen atoms in total. The number of carbonyl (C=O) groups excluding carboxylic acids is 1. The molecule has 0 radical (unpaired) electrons. The molecule has 1 amide bonds. The zero-order valence-corrected chi connectivity index (χ0v) is 11.9. The minimum atomic E-state index is -0.966. The number of methoxy groups -OCH3 is 2. The molecule has 20 heavy (non-hydrogen) atoms. The number of carbonyl (C=O) groups is 2. The molecule has 1 rings (SSSR count). The molecule has 1 N–H and O–H groups in total. The summed E-state index contributed by atoms with van der Waals surface area (Å²) in [7, 11) is 2.92. The summed E-state index contributed by atoms with van der Waals surface area (Å²) in [5.41, 5.74) is 1.50. The summed E-state index contributed by atoms with van der Waals surface area (Å²) in [5, 5.41) is 8.80. The fourth-order valence-corrected chi connectivity index (χ4v) is 1.80. The first kappa shape index (κ1) is 16.0. The maximum atomic E-state index is 12.1. The fourth-order valence-electron chi connectivity index (χ4n) is 1.80. The highest BCUT2D eigenvalue weighted by molar-refractivity contribution is 5.96. The van der Waals surface area contributed by atoms with Gasteiger partial charge in [0.1, 0.15) is 12.4 Å². The average molecular weight is 281 g/mol. The molecule has 0 bridgehead atoms. The molecular formula is C14H19NO5. The third-order valence-corrected chi connectivity index (χ3v) is 2.74. The van der Waals surface area contributed by atoms with Gasteiger partial charge >= 0.3 is 5.97 Å². The van der Waals surface area contributed by atoms with Crippen LogP contribution in [0.25, 0.3) is 0 Å². The van der Waals surface area contributed by atoms with E-state index in [4.69, 9.17) is 14.6 Å². The fraction of sp³-hybridized carbons (Fsp3) is 0.429.